The minimum atomic E-state index is -0.510. The molecule has 2 heteroatoms. The number of aliphatic hydroxyl groups is 1. The van der Waals surface area contributed by atoms with E-state index >= 15 is 0 Å². The Bertz CT molecular complexity index is 336. The van der Waals surface area contributed by atoms with Crippen LogP contribution >= 0.6 is 0 Å². The zero-order valence-electron chi connectivity index (χ0n) is 9.04. The van der Waals surface area contributed by atoms with E-state index in [1.165, 1.54) is 6.07 Å². The molecular weight excluding hydrogens is 191 g/mol. The van der Waals surface area contributed by atoms with Gasteiger partial charge in [0.05, 0.1) is 5.60 Å². The predicted octanol–water partition coefficient (Wildman–Crippen LogP) is 3.23. The molecule has 1 N–H and O–H groups in total. The molecule has 1 aliphatic carbocycles. The van der Waals surface area contributed by atoms with Crippen molar-refractivity contribution in [1.29, 1.82) is 0 Å². The Balaban J connectivity index is 2.08. The van der Waals surface area contributed by atoms with Crippen LogP contribution in [-0.2, 0) is 0 Å². The molecule has 0 amide bonds. The normalized spacial score (nSPS) is 31.5. The van der Waals surface area contributed by atoms with E-state index in [1.54, 1.807) is 12.1 Å². The maximum absolute atomic E-state index is 13.0. The number of hydrogen-bond donors (Lipinski definition) is 1. The predicted molar refractivity (Wildman–Crippen MR) is 58.2 cm³/mol. The third kappa shape index (κ3) is 2.57. The Labute approximate surface area is 89.9 Å². The van der Waals surface area contributed by atoms with Crippen LogP contribution in [-0.4, -0.2) is 10.7 Å². The number of benzene rings is 1. The highest BCUT2D eigenvalue weighted by atomic mass is 19.1. The first kappa shape index (κ1) is 10.6. The second-order valence-electron chi connectivity index (χ2n) is 4.83. The van der Waals surface area contributed by atoms with Gasteiger partial charge in [-0.3, -0.25) is 0 Å². The van der Waals surface area contributed by atoms with Crippen molar-refractivity contribution in [2.45, 2.75) is 44.1 Å². The van der Waals surface area contributed by atoms with Gasteiger partial charge >= 0.3 is 0 Å². The van der Waals surface area contributed by atoms with E-state index in [0.29, 0.717) is 5.92 Å². The molecule has 82 valence electrons. The molecule has 2 rings (SSSR count). The molecule has 15 heavy (non-hydrogen) atoms. The fraction of sp³-hybridized carbons (Fsp3) is 0.538. The lowest BCUT2D eigenvalue weighted by molar-refractivity contribution is 0.0171. The molecule has 0 aromatic heterocycles. The van der Waals surface area contributed by atoms with E-state index in [4.69, 9.17) is 0 Å². The van der Waals surface area contributed by atoms with Crippen molar-refractivity contribution in [3.63, 3.8) is 0 Å². The second-order valence-corrected chi connectivity index (χ2v) is 4.83. The van der Waals surface area contributed by atoms with Gasteiger partial charge in [-0.15, -0.1) is 0 Å². The van der Waals surface area contributed by atoms with Gasteiger partial charge in [0.1, 0.15) is 5.82 Å². The topological polar surface area (TPSA) is 20.2 Å². The molecule has 0 bridgehead atoms. The molecule has 1 aromatic rings. The largest absolute Gasteiger partial charge is 0.390 e. The van der Waals surface area contributed by atoms with Gasteiger partial charge < -0.3 is 5.11 Å². The van der Waals surface area contributed by atoms with E-state index in [1.807, 2.05) is 13.0 Å². The minimum Gasteiger partial charge on any atom is -0.390 e. The zero-order valence-corrected chi connectivity index (χ0v) is 9.04. The molecule has 0 aliphatic heterocycles. The summed E-state index contributed by atoms with van der Waals surface area (Å²) in [7, 11) is 0. The highest BCUT2D eigenvalue weighted by molar-refractivity contribution is 5.21. The molecule has 1 aliphatic rings. The molecule has 1 saturated carbocycles. The van der Waals surface area contributed by atoms with Gasteiger partial charge in [-0.2, -0.15) is 0 Å². The second kappa shape index (κ2) is 3.93. The number of halogens is 1. The highest BCUT2D eigenvalue weighted by Crippen LogP contribution is 2.37. The van der Waals surface area contributed by atoms with Gasteiger partial charge in [-0.25, -0.2) is 4.39 Å². The Hall–Kier alpha value is -0.890. The Morgan fingerprint density at radius 1 is 1.33 bits per heavy atom. The highest BCUT2D eigenvalue weighted by Gasteiger charge is 2.29. The SMILES string of the molecule is CC1(O)CCC(c2cccc(F)c2)CC1. The van der Waals surface area contributed by atoms with Crippen molar-refractivity contribution < 1.29 is 9.50 Å². The molecule has 1 nitrogen and oxygen atoms in total. The van der Waals surface area contributed by atoms with Crippen molar-refractivity contribution in [3.05, 3.63) is 35.6 Å². The van der Waals surface area contributed by atoms with Gasteiger partial charge in [0.2, 0.25) is 0 Å². The summed E-state index contributed by atoms with van der Waals surface area (Å²) in [5.41, 5.74) is 0.564. The summed E-state index contributed by atoms with van der Waals surface area (Å²) in [6.07, 6.45) is 3.54. The summed E-state index contributed by atoms with van der Waals surface area (Å²) in [4.78, 5) is 0. The average Bonchev–Trinajstić information content (AvgIpc) is 2.17. The van der Waals surface area contributed by atoms with Crippen LogP contribution in [0.4, 0.5) is 4.39 Å². The molecule has 0 saturated heterocycles. The lowest BCUT2D eigenvalue weighted by Gasteiger charge is -2.33. The molecule has 1 fully saturated rings. The molecular formula is C13H17FO. The Morgan fingerprint density at radius 2 is 2.00 bits per heavy atom. The number of hydrogen-bond acceptors (Lipinski definition) is 1. The van der Waals surface area contributed by atoms with Crippen LogP contribution in [0.1, 0.15) is 44.1 Å². The van der Waals surface area contributed by atoms with Crippen molar-refractivity contribution in [2.75, 3.05) is 0 Å². The van der Waals surface area contributed by atoms with Crippen LogP contribution in [0, 0.1) is 5.82 Å². The van der Waals surface area contributed by atoms with Crippen LogP contribution in [0.3, 0.4) is 0 Å². The van der Waals surface area contributed by atoms with Crippen LogP contribution < -0.4 is 0 Å². The maximum Gasteiger partial charge on any atom is 0.123 e. The summed E-state index contributed by atoms with van der Waals surface area (Å²) >= 11 is 0. The van der Waals surface area contributed by atoms with Crippen LogP contribution in [0.5, 0.6) is 0 Å². The first-order chi connectivity index (χ1) is 7.07. The first-order valence-corrected chi connectivity index (χ1v) is 5.55. The van der Waals surface area contributed by atoms with Crippen molar-refractivity contribution >= 4 is 0 Å². The summed E-state index contributed by atoms with van der Waals surface area (Å²) in [6.45, 7) is 1.88. The lowest BCUT2D eigenvalue weighted by Crippen LogP contribution is -2.29. The minimum absolute atomic E-state index is 0.162. The van der Waals surface area contributed by atoms with Gasteiger partial charge in [0, 0.05) is 0 Å². The molecule has 0 spiro atoms. The summed E-state index contributed by atoms with van der Waals surface area (Å²) < 4.78 is 13.0. The quantitative estimate of drug-likeness (QED) is 0.751. The van der Waals surface area contributed by atoms with Crippen molar-refractivity contribution in [1.82, 2.24) is 0 Å². The van der Waals surface area contributed by atoms with E-state index in [-0.39, 0.29) is 5.82 Å². The van der Waals surface area contributed by atoms with Crippen LogP contribution in [0.25, 0.3) is 0 Å². The third-order valence-electron chi connectivity index (χ3n) is 3.38. The molecule has 1 aromatic carbocycles. The van der Waals surface area contributed by atoms with E-state index in [9.17, 15) is 9.50 Å². The summed E-state index contributed by atoms with van der Waals surface area (Å²) in [5.74, 6) is 0.255. The number of rotatable bonds is 1. The molecule has 0 unspecified atom stereocenters. The average molecular weight is 208 g/mol. The van der Waals surface area contributed by atoms with Crippen LogP contribution in [0.2, 0.25) is 0 Å². The van der Waals surface area contributed by atoms with Gasteiger partial charge in [0.15, 0.2) is 0 Å². The third-order valence-corrected chi connectivity index (χ3v) is 3.38. The fourth-order valence-corrected chi connectivity index (χ4v) is 2.33. The van der Waals surface area contributed by atoms with Crippen molar-refractivity contribution in [3.8, 4) is 0 Å². The zero-order chi connectivity index (χ0) is 10.9. The summed E-state index contributed by atoms with van der Waals surface area (Å²) in [6, 6.07) is 6.83. The maximum atomic E-state index is 13.0. The van der Waals surface area contributed by atoms with E-state index in [2.05, 4.69) is 0 Å². The standard InChI is InChI=1S/C13H17FO/c1-13(15)7-5-10(6-8-13)11-3-2-4-12(14)9-11/h2-4,9-10,15H,5-8H2,1H3. The van der Waals surface area contributed by atoms with E-state index in [0.717, 1.165) is 31.2 Å². The van der Waals surface area contributed by atoms with E-state index < -0.39 is 5.60 Å². The smallest absolute Gasteiger partial charge is 0.123 e. The van der Waals surface area contributed by atoms with Gasteiger partial charge in [-0.05, 0) is 56.2 Å². The lowest BCUT2D eigenvalue weighted by atomic mass is 9.77. The Morgan fingerprint density at radius 3 is 2.60 bits per heavy atom. The van der Waals surface area contributed by atoms with Gasteiger partial charge in [0.25, 0.3) is 0 Å². The first-order valence-electron chi connectivity index (χ1n) is 5.55. The monoisotopic (exact) mass is 208 g/mol. The Kier molecular flexibility index (Phi) is 2.79. The molecule has 0 heterocycles. The summed E-state index contributed by atoms with van der Waals surface area (Å²) in [5, 5.41) is 9.82. The van der Waals surface area contributed by atoms with Crippen molar-refractivity contribution in [2.24, 2.45) is 0 Å². The molecule has 0 atom stereocenters. The fourth-order valence-electron chi connectivity index (χ4n) is 2.33. The van der Waals surface area contributed by atoms with Gasteiger partial charge in [-0.1, -0.05) is 12.1 Å². The van der Waals surface area contributed by atoms with Crippen LogP contribution in [0.15, 0.2) is 24.3 Å². The molecule has 0 radical (unpaired) electrons.